The molecule has 1 heterocycles. The zero-order valence-electron chi connectivity index (χ0n) is 6.60. The van der Waals surface area contributed by atoms with Gasteiger partial charge in [-0.15, -0.1) is 0 Å². The minimum Gasteiger partial charge on any atom is -0.319 e. The standard InChI is InChI=1S/C8H7BrF2N2/c9-6-3-13-2-5-4(6)1-8(10,11)7(5)12/h2-3,7H,1,12H2. The van der Waals surface area contributed by atoms with Gasteiger partial charge in [-0.25, -0.2) is 8.78 Å². The summed E-state index contributed by atoms with van der Waals surface area (Å²) in [5, 5.41) is 0. The molecule has 0 aliphatic heterocycles. The van der Waals surface area contributed by atoms with E-state index < -0.39 is 12.0 Å². The molecule has 1 unspecified atom stereocenters. The van der Waals surface area contributed by atoms with Gasteiger partial charge in [-0.3, -0.25) is 4.98 Å². The smallest absolute Gasteiger partial charge is 0.271 e. The molecular weight excluding hydrogens is 242 g/mol. The Labute approximate surface area is 82.3 Å². The zero-order valence-corrected chi connectivity index (χ0v) is 8.18. The molecule has 0 fully saturated rings. The molecule has 5 heteroatoms. The topological polar surface area (TPSA) is 38.9 Å². The van der Waals surface area contributed by atoms with Crippen molar-refractivity contribution < 1.29 is 8.78 Å². The first-order valence-corrected chi connectivity index (χ1v) is 4.57. The van der Waals surface area contributed by atoms with E-state index in [4.69, 9.17) is 5.73 Å². The number of halogens is 3. The molecule has 1 aliphatic carbocycles. The summed E-state index contributed by atoms with van der Waals surface area (Å²) in [6, 6.07) is -1.22. The third kappa shape index (κ3) is 1.26. The van der Waals surface area contributed by atoms with Crippen LogP contribution >= 0.6 is 15.9 Å². The van der Waals surface area contributed by atoms with Crippen molar-refractivity contribution in [2.45, 2.75) is 18.4 Å². The highest BCUT2D eigenvalue weighted by molar-refractivity contribution is 9.10. The number of rotatable bonds is 0. The van der Waals surface area contributed by atoms with E-state index in [-0.39, 0.29) is 6.42 Å². The Morgan fingerprint density at radius 2 is 2.23 bits per heavy atom. The van der Waals surface area contributed by atoms with Crippen molar-refractivity contribution in [3.05, 3.63) is 28.0 Å². The monoisotopic (exact) mass is 248 g/mol. The van der Waals surface area contributed by atoms with Crippen molar-refractivity contribution in [3.8, 4) is 0 Å². The van der Waals surface area contributed by atoms with Gasteiger partial charge < -0.3 is 5.73 Å². The summed E-state index contributed by atoms with van der Waals surface area (Å²) in [5.74, 6) is -2.84. The minimum atomic E-state index is -2.84. The fourth-order valence-corrected chi connectivity index (χ4v) is 1.99. The molecule has 0 bridgehead atoms. The number of pyridine rings is 1. The highest BCUT2D eigenvalue weighted by Crippen LogP contribution is 2.43. The molecule has 1 aromatic rings. The molecule has 1 aromatic heterocycles. The molecule has 2 nitrogen and oxygen atoms in total. The predicted molar refractivity (Wildman–Crippen MR) is 47.5 cm³/mol. The Balaban J connectivity index is 2.56. The maximum Gasteiger partial charge on any atom is 0.271 e. The molecule has 70 valence electrons. The molecule has 0 radical (unpaired) electrons. The van der Waals surface area contributed by atoms with Gasteiger partial charge in [-0.2, -0.15) is 0 Å². The van der Waals surface area contributed by atoms with Crippen molar-refractivity contribution in [2.75, 3.05) is 0 Å². The molecule has 1 atom stereocenters. The van der Waals surface area contributed by atoms with Crippen LogP contribution in [0.4, 0.5) is 8.78 Å². The van der Waals surface area contributed by atoms with E-state index in [1.165, 1.54) is 12.4 Å². The number of nitrogens with zero attached hydrogens (tertiary/aromatic N) is 1. The summed E-state index contributed by atoms with van der Waals surface area (Å²) >= 11 is 3.18. The highest BCUT2D eigenvalue weighted by Gasteiger charge is 2.46. The van der Waals surface area contributed by atoms with Crippen LogP contribution in [0, 0.1) is 0 Å². The molecule has 0 amide bonds. The summed E-state index contributed by atoms with van der Waals surface area (Å²) in [4.78, 5) is 3.81. The van der Waals surface area contributed by atoms with Gasteiger partial charge in [-0.1, -0.05) is 0 Å². The van der Waals surface area contributed by atoms with Crippen LogP contribution in [0.3, 0.4) is 0 Å². The first-order valence-electron chi connectivity index (χ1n) is 3.78. The maximum atomic E-state index is 13.1. The van der Waals surface area contributed by atoms with Gasteiger partial charge in [0, 0.05) is 23.3 Å². The lowest BCUT2D eigenvalue weighted by Crippen LogP contribution is -2.28. The van der Waals surface area contributed by atoms with Crippen LogP contribution in [0.25, 0.3) is 0 Å². The number of fused-ring (bicyclic) bond motifs is 1. The van der Waals surface area contributed by atoms with Gasteiger partial charge in [-0.05, 0) is 27.1 Å². The molecule has 1 aliphatic rings. The van der Waals surface area contributed by atoms with Gasteiger partial charge in [0.15, 0.2) is 0 Å². The van der Waals surface area contributed by atoms with E-state index in [1.54, 1.807) is 0 Å². The summed E-state index contributed by atoms with van der Waals surface area (Å²) in [6.45, 7) is 0. The van der Waals surface area contributed by atoms with Crippen LogP contribution in [0.2, 0.25) is 0 Å². The Morgan fingerprint density at radius 1 is 1.54 bits per heavy atom. The second-order valence-electron chi connectivity index (χ2n) is 3.10. The van der Waals surface area contributed by atoms with Crippen molar-refractivity contribution in [2.24, 2.45) is 5.73 Å². The predicted octanol–water partition coefficient (Wildman–Crippen LogP) is 2.04. The average molecular weight is 249 g/mol. The molecule has 0 saturated heterocycles. The second-order valence-corrected chi connectivity index (χ2v) is 3.96. The van der Waals surface area contributed by atoms with E-state index >= 15 is 0 Å². The molecule has 0 saturated carbocycles. The summed E-state index contributed by atoms with van der Waals surface area (Å²) in [6.07, 6.45) is 2.62. The first-order chi connectivity index (χ1) is 6.02. The fourth-order valence-electron chi connectivity index (χ4n) is 1.50. The van der Waals surface area contributed by atoms with E-state index in [2.05, 4.69) is 20.9 Å². The van der Waals surface area contributed by atoms with Crippen LogP contribution < -0.4 is 5.73 Å². The van der Waals surface area contributed by atoms with Gasteiger partial charge in [0.25, 0.3) is 5.92 Å². The van der Waals surface area contributed by atoms with Gasteiger partial charge in [0.1, 0.15) is 0 Å². The second kappa shape index (κ2) is 2.72. The summed E-state index contributed by atoms with van der Waals surface area (Å²) in [7, 11) is 0. The van der Waals surface area contributed by atoms with Crippen LogP contribution in [0.5, 0.6) is 0 Å². The van der Waals surface area contributed by atoms with Crippen molar-refractivity contribution in [1.29, 1.82) is 0 Å². The molecule has 13 heavy (non-hydrogen) atoms. The van der Waals surface area contributed by atoms with E-state index in [9.17, 15) is 8.78 Å². The SMILES string of the molecule is NC1c2cncc(Br)c2CC1(F)F. The fraction of sp³-hybridized carbons (Fsp3) is 0.375. The zero-order chi connectivity index (χ0) is 9.64. The number of hydrogen-bond acceptors (Lipinski definition) is 2. The van der Waals surface area contributed by atoms with Crippen LogP contribution in [0.15, 0.2) is 16.9 Å². The van der Waals surface area contributed by atoms with Gasteiger partial charge in [0.05, 0.1) is 6.04 Å². The van der Waals surface area contributed by atoms with Crippen LogP contribution in [-0.4, -0.2) is 10.9 Å². The number of aromatic nitrogens is 1. The van der Waals surface area contributed by atoms with Crippen molar-refractivity contribution in [1.82, 2.24) is 4.98 Å². The third-order valence-electron chi connectivity index (χ3n) is 2.24. The van der Waals surface area contributed by atoms with Gasteiger partial charge in [0.2, 0.25) is 0 Å². The Hall–Kier alpha value is -0.550. The third-order valence-corrected chi connectivity index (χ3v) is 2.92. The van der Waals surface area contributed by atoms with E-state index in [1.807, 2.05) is 0 Å². The lowest BCUT2D eigenvalue weighted by atomic mass is 10.1. The van der Waals surface area contributed by atoms with Crippen LogP contribution in [0.1, 0.15) is 17.2 Å². The minimum absolute atomic E-state index is 0.299. The summed E-state index contributed by atoms with van der Waals surface area (Å²) < 4.78 is 26.9. The molecule has 2 N–H and O–H groups in total. The number of hydrogen-bond donors (Lipinski definition) is 1. The normalized spacial score (nSPS) is 24.5. The quantitative estimate of drug-likeness (QED) is 0.764. The lowest BCUT2D eigenvalue weighted by Gasteiger charge is -2.13. The Morgan fingerprint density at radius 3 is 2.85 bits per heavy atom. The summed E-state index contributed by atoms with van der Waals surface area (Å²) in [5.41, 5.74) is 6.40. The Kier molecular flexibility index (Phi) is 1.89. The van der Waals surface area contributed by atoms with E-state index in [0.29, 0.717) is 15.6 Å². The number of alkyl halides is 2. The average Bonchev–Trinajstić information content (AvgIpc) is 2.28. The van der Waals surface area contributed by atoms with Crippen molar-refractivity contribution in [3.63, 3.8) is 0 Å². The Bertz CT molecular complexity index is 354. The van der Waals surface area contributed by atoms with E-state index in [0.717, 1.165) is 0 Å². The molecular formula is C8H7BrF2N2. The molecule has 0 spiro atoms. The molecule has 0 aromatic carbocycles. The van der Waals surface area contributed by atoms with Crippen LogP contribution in [-0.2, 0) is 6.42 Å². The maximum absolute atomic E-state index is 13.1. The lowest BCUT2D eigenvalue weighted by molar-refractivity contribution is -0.0136. The largest absolute Gasteiger partial charge is 0.319 e. The van der Waals surface area contributed by atoms with Gasteiger partial charge >= 0.3 is 0 Å². The number of nitrogens with two attached hydrogens (primary N) is 1. The highest BCUT2D eigenvalue weighted by atomic mass is 79.9. The van der Waals surface area contributed by atoms with Crippen molar-refractivity contribution >= 4 is 15.9 Å². The molecule has 2 rings (SSSR count). The first kappa shape index (κ1) is 9.02.